The van der Waals surface area contributed by atoms with Gasteiger partial charge in [0.05, 0.1) is 12.7 Å². The van der Waals surface area contributed by atoms with Crippen LogP contribution in [0.15, 0.2) is 48.5 Å². The smallest absolute Gasteiger partial charge is 0.416 e. The van der Waals surface area contributed by atoms with E-state index in [1.165, 1.54) is 24.3 Å². The summed E-state index contributed by atoms with van der Waals surface area (Å²) in [6, 6.07) is 7.82. The first-order valence-electron chi connectivity index (χ1n) is 7.51. The van der Waals surface area contributed by atoms with Crippen LogP contribution < -0.4 is 5.32 Å². The van der Waals surface area contributed by atoms with Crippen LogP contribution in [0.25, 0.3) is 0 Å². The van der Waals surface area contributed by atoms with Crippen molar-refractivity contribution in [2.45, 2.75) is 18.6 Å². The summed E-state index contributed by atoms with van der Waals surface area (Å²) in [5.74, 6) is -1.90. The molecule has 2 rings (SSSR count). The standard InChI is InChI=1S/C18H15F4NO3/c1-26-17(25)15(23-16(24)12-4-8-14(19)9-5-12)10-11-2-6-13(7-3-11)18(20,21)22/h2-9,15H,10H2,1H3,(H,23,24)/t15-/m1/s1. The third-order valence-electron chi connectivity index (χ3n) is 3.62. The number of nitrogens with one attached hydrogen (secondary N) is 1. The lowest BCUT2D eigenvalue weighted by molar-refractivity contribution is -0.143. The number of hydrogen-bond donors (Lipinski definition) is 1. The number of methoxy groups -OCH3 is 1. The van der Waals surface area contributed by atoms with Crippen LogP contribution in [0, 0.1) is 5.82 Å². The van der Waals surface area contributed by atoms with Gasteiger partial charge in [-0.3, -0.25) is 4.79 Å². The zero-order chi connectivity index (χ0) is 19.3. The maximum atomic E-state index is 12.9. The molecule has 2 aromatic carbocycles. The van der Waals surface area contributed by atoms with Crippen molar-refractivity contribution in [2.75, 3.05) is 7.11 Å². The molecule has 1 amide bonds. The summed E-state index contributed by atoms with van der Waals surface area (Å²) < 4.78 is 55.3. The van der Waals surface area contributed by atoms with Crippen molar-refractivity contribution in [3.8, 4) is 0 Å². The Labute approximate surface area is 146 Å². The van der Waals surface area contributed by atoms with Gasteiger partial charge < -0.3 is 10.1 Å². The molecule has 138 valence electrons. The van der Waals surface area contributed by atoms with Crippen LogP contribution in [0.2, 0.25) is 0 Å². The van der Waals surface area contributed by atoms with E-state index in [1.54, 1.807) is 0 Å². The normalized spacial score (nSPS) is 12.3. The molecule has 0 spiro atoms. The van der Waals surface area contributed by atoms with E-state index in [-0.39, 0.29) is 12.0 Å². The monoisotopic (exact) mass is 369 g/mol. The van der Waals surface area contributed by atoms with Crippen LogP contribution in [0.4, 0.5) is 17.6 Å². The Morgan fingerprint density at radius 3 is 2.12 bits per heavy atom. The number of rotatable bonds is 5. The van der Waals surface area contributed by atoms with E-state index in [0.717, 1.165) is 31.4 Å². The van der Waals surface area contributed by atoms with E-state index in [0.29, 0.717) is 5.56 Å². The van der Waals surface area contributed by atoms with Crippen LogP contribution in [0.5, 0.6) is 0 Å². The van der Waals surface area contributed by atoms with Crippen LogP contribution in [-0.2, 0) is 22.1 Å². The molecule has 1 N–H and O–H groups in total. The molecule has 0 saturated carbocycles. The SMILES string of the molecule is COC(=O)[C@@H](Cc1ccc(C(F)(F)F)cc1)NC(=O)c1ccc(F)cc1. The Morgan fingerprint density at radius 1 is 1.04 bits per heavy atom. The van der Waals surface area contributed by atoms with Gasteiger partial charge in [-0.1, -0.05) is 12.1 Å². The second-order valence-electron chi connectivity index (χ2n) is 5.45. The van der Waals surface area contributed by atoms with Gasteiger partial charge in [-0.2, -0.15) is 13.2 Å². The second kappa shape index (κ2) is 7.99. The van der Waals surface area contributed by atoms with Gasteiger partial charge in [0, 0.05) is 12.0 Å². The highest BCUT2D eigenvalue weighted by molar-refractivity contribution is 5.96. The summed E-state index contributed by atoms with van der Waals surface area (Å²) in [7, 11) is 1.13. The molecule has 0 saturated heterocycles. The van der Waals surface area contributed by atoms with E-state index in [4.69, 9.17) is 0 Å². The van der Waals surface area contributed by atoms with Gasteiger partial charge in [-0.05, 0) is 42.0 Å². The minimum absolute atomic E-state index is 0.0578. The quantitative estimate of drug-likeness (QED) is 0.650. The summed E-state index contributed by atoms with van der Waals surface area (Å²) >= 11 is 0. The number of benzene rings is 2. The molecule has 0 unspecified atom stereocenters. The highest BCUT2D eigenvalue weighted by Crippen LogP contribution is 2.29. The minimum atomic E-state index is -4.46. The zero-order valence-electron chi connectivity index (χ0n) is 13.6. The molecule has 0 radical (unpaired) electrons. The highest BCUT2D eigenvalue weighted by atomic mass is 19.4. The average molecular weight is 369 g/mol. The molecule has 0 bridgehead atoms. The lowest BCUT2D eigenvalue weighted by Crippen LogP contribution is -2.43. The van der Waals surface area contributed by atoms with E-state index >= 15 is 0 Å². The first-order chi connectivity index (χ1) is 12.2. The summed E-state index contributed by atoms with van der Waals surface area (Å²) in [4.78, 5) is 24.1. The zero-order valence-corrected chi connectivity index (χ0v) is 13.6. The minimum Gasteiger partial charge on any atom is -0.467 e. The molecule has 0 aliphatic heterocycles. The number of carbonyl (C=O) groups excluding carboxylic acids is 2. The Balaban J connectivity index is 2.13. The van der Waals surface area contributed by atoms with Gasteiger partial charge >= 0.3 is 12.1 Å². The van der Waals surface area contributed by atoms with Crippen molar-refractivity contribution in [1.82, 2.24) is 5.32 Å². The topological polar surface area (TPSA) is 55.4 Å². The highest BCUT2D eigenvalue weighted by Gasteiger charge is 2.30. The number of ether oxygens (including phenoxy) is 1. The molecule has 0 heterocycles. The van der Waals surface area contributed by atoms with E-state index in [2.05, 4.69) is 10.1 Å². The predicted molar refractivity (Wildman–Crippen MR) is 84.8 cm³/mol. The maximum absolute atomic E-state index is 12.9. The molecule has 0 fully saturated rings. The molecule has 1 atom stereocenters. The third kappa shape index (κ3) is 5.05. The van der Waals surface area contributed by atoms with Gasteiger partial charge in [-0.15, -0.1) is 0 Å². The van der Waals surface area contributed by atoms with Gasteiger partial charge in [0.15, 0.2) is 0 Å². The average Bonchev–Trinajstić information content (AvgIpc) is 2.60. The Morgan fingerprint density at radius 2 is 1.62 bits per heavy atom. The fourth-order valence-electron chi connectivity index (χ4n) is 2.24. The van der Waals surface area contributed by atoms with Crippen molar-refractivity contribution in [1.29, 1.82) is 0 Å². The van der Waals surface area contributed by atoms with Crippen molar-refractivity contribution in [3.05, 3.63) is 71.0 Å². The van der Waals surface area contributed by atoms with Crippen molar-refractivity contribution in [3.63, 3.8) is 0 Å². The van der Waals surface area contributed by atoms with Gasteiger partial charge in [0.2, 0.25) is 0 Å². The van der Waals surface area contributed by atoms with Crippen LogP contribution in [0.1, 0.15) is 21.5 Å². The first-order valence-corrected chi connectivity index (χ1v) is 7.51. The number of halogens is 4. The molecule has 2 aromatic rings. The maximum Gasteiger partial charge on any atom is 0.416 e. The van der Waals surface area contributed by atoms with Gasteiger partial charge in [-0.25, -0.2) is 9.18 Å². The van der Waals surface area contributed by atoms with E-state index in [1.807, 2.05) is 0 Å². The number of esters is 1. The fraction of sp³-hybridized carbons (Fsp3) is 0.222. The van der Waals surface area contributed by atoms with E-state index in [9.17, 15) is 27.2 Å². The summed E-state index contributed by atoms with van der Waals surface area (Å²) in [5, 5.41) is 2.44. The molecule has 8 heteroatoms. The number of carbonyl (C=O) groups is 2. The van der Waals surface area contributed by atoms with Gasteiger partial charge in [0.25, 0.3) is 5.91 Å². The molecule has 0 aliphatic carbocycles. The molecular weight excluding hydrogens is 354 g/mol. The lowest BCUT2D eigenvalue weighted by atomic mass is 10.0. The number of amides is 1. The Kier molecular flexibility index (Phi) is 5.97. The van der Waals surface area contributed by atoms with Crippen LogP contribution >= 0.6 is 0 Å². The van der Waals surface area contributed by atoms with Crippen molar-refractivity contribution >= 4 is 11.9 Å². The first kappa shape index (κ1) is 19.4. The molecule has 0 aliphatic rings. The predicted octanol–water partition coefficient (Wildman–Crippen LogP) is 3.36. The Bertz CT molecular complexity index is 771. The summed E-state index contributed by atoms with van der Waals surface area (Å²) in [6.07, 6.45) is -4.52. The van der Waals surface area contributed by atoms with Gasteiger partial charge in [0.1, 0.15) is 11.9 Å². The Hall–Kier alpha value is -2.90. The largest absolute Gasteiger partial charge is 0.467 e. The second-order valence-corrected chi connectivity index (χ2v) is 5.45. The molecule has 4 nitrogen and oxygen atoms in total. The summed E-state index contributed by atoms with van der Waals surface area (Å²) in [5.41, 5.74) is -0.272. The molecule has 0 aromatic heterocycles. The third-order valence-corrected chi connectivity index (χ3v) is 3.62. The van der Waals surface area contributed by atoms with Crippen molar-refractivity contribution in [2.24, 2.45) is 0 Å². The molecular formula is C18H15F4NO3. The lowest BCUT2D eigenvalue weighted by Gasteiger charge is -2.17. The van der Waals surface area contributed by atoms with Crippen LogP contribution in [0.3, 0.4) is 0 Å². The van der Waals surface area contributed by atoms with Crippen molar-refractivity contribution < 1.29 is 31.9 Å². The number of hydrogen-bond acceptors (Lipinski definition) is 3. The van der Waals surface area contributed by atoms with E-state index < -0.39 is 35.5 Å². The number of alkyl halides is 3. The summed E-state index contributed by atoms with van der Waals surface area (Å²) in [6.45, 7) is 0. The fourth-order valence-corrected chi connectivity index (χ4v) is 2.24. The van der Waals surface area contributed by atoms with Crippen LogP contribution in [-0.4, -0.2) is 25.0 Å². The molecule has 26 heavy (non-hydrogen) atoms.